The van der Waals surface area contributed by atoms with E-state index in [0.29, 0.717) is 12.4 Å². The zero-order valence-corrected chi connectivity index (χ0v) is 11.0. The van der Waals surface area contributed by atoms with Crippen molar-refractivity contribution in [1.82, 2.24) is 4.90 Å². The summed E-state index contributed by atoms with van der Waals surface area (Å²) in [6.45, 7) is 5.43. The van der Waals surface area contributed by atoms with Gasteiger partial charge in [-0.15, -0.1) is 11.8 Å². The summed E-state index contributed by atoms with van der Waals surface area (Å²) in [4.78, 5) is 13.6. The van der Waals surface area contributed by atoms with Crippen LogP contribution in [0.3, 0.4) is 0 Å². The summed E-state index contributed by atoms with van der Waals surface area (Å²) in [7, 11) is 0. The van der Waals surface area contributed by atoms with Gasteiger partial charge in [0.2, 0.25) is 5.91 Å². The van der Waals surface area contributed by atoms with E-state index >= 15 is 0 Å². The van der Waals surface area contributed by atoms with Crippen LogP contribution < -0.4 is 4.74 Å². The zero-order chi connectivity index (χ0) is 12.3. The Morgan fingerprint density at radius 3 is 2.65 bits per heavy atom. The number of carbonyl (C=O) groups excluding carboxylic acids is 1. The minimum Gasteiger partial charge on any atom is -0.494 e. The van der Waals surface area contributed by atoms with Gasteiger partial charge >= 0.3 is 0 Å². The van der Waals surface area contributed by atoms with Crippen LogP contribution in [0.5, 0.6) is 5.75 Å². The molecule has 2 rings (SSSR count). The van der Waals surface area contributed by atoms with Gasteiger partial charge in [0, 0.05) is 6.54 Å². The molecule has 3 nitrogen and oxygen atoms in total. The van der Waals surface area contributed by atoms with Crippen molar-refractivity contribution in [3.8, 4) is 5.75 Å². The molecule has 1 unspecified atom stereocenters. The molecule has 1 aliphatic rings. The van der Waals surface area contributed by atoms with Crippen molar-refractivity contribution in [3.05, 3.63) is 29.8 Å². The van der Waals surface area contributed by atoms with Gasteiger partial charge in [-0.1, -0.05) is 12.1 Å². The Labute approximate surface area is 106 Å². The maximum atomic E-state index is 11.6. The first kappa shape index (κ1) is 12.3. The molecule has 0 saturated carbocycles. The first-order chi connectivity index (χ1) is 8.26. The molecule has 4 heteroatoms. The second-order valence-corrected chi connectivity index (χ2v) is 4.91. The first-order valence-corrected chi connectivity index (χ1v) is 6.95. The van der Waals surface area contributed by atoms with Crippen molar-refractivity contribution >= 4 is 17.7 Å². The van der Waals surface area contributed by atoms with Crippen molar-refractivity contribution < 1.29 is 9.53 Å². The number of benzene rings is 1. The lowest BCUT2D eigenvalue weighted by molar-refractivity contribution is -0.127. The molecule has 1 atom stereocenters. The van der Waals surface area contributed by atoms with Gasteiger partial charge in [-0.05, 0) is 31.5 Å². The van der Waals surface area contributed by atoms with Gasteiger partial charge in [0.1, 0.15) is 11.1 Å². The van der Waals surface area contributed by atoms with E-state index in [1.54, 1.807) is 11.8 Å². The van der Waals surface area contributed by atoms with Crippen molar-refractivity contribution in [3.63, 3.8) is 0 Å². The van der Waals surface area contributed by atoms with Crippen LogP contribution in [0.4, 0.5) is 0 Å². The number of ether oxygens (including phenoxy) is 1. The average molecular weight is 251 g/mol. The summed E-state index contributed by atoms with van der Waals surface area (Å²) in [6.07, 6.45) is 0. The largest absolute Gasteiger partial charge is 0.494 e. The lowest BCUT2D eigenvalue weighted by Crippen LogP contribution is -2.27. The normalized spacial score (nSPS) is 19.8. The average Bonchev–Trinajstić information content (AvgIpc) is 2.72. The minimum absolute atomic E-state index is 0.170. The van der Waals surface area contributed by atoms with Crippen LogP contribution in [0, 0.1) is 0 Å². The summed E-state index contributed by atoms with van der Waals surface area (Å²) in [6, 6.07) is 8.03. The predicted octanol–water partition coefficient (Wildman–Crippen LogP) is 2.68. The Morgan fingerprint density at radius 1 is 1.35 bits per heavy atom. The summed E-state index contributed by atoms with van der Waals surface area (Å²) in [5.41, 5.74) is 1.17. The smallest absolute Gasteiger partial charge is 0.233 e. The molecule has 0 aliphatic carbocycles. The summed E-state index contributed by atoms with van der Waals surface area (Å²) in [5, 5.41) is 0.170. The Hall–Kier alpha value is -1.16. The molecule has 0 N–H and O–H groups in total. The van der Waals surface area contributed by atoms with Gasteiger partial charge in [-0.2, -0.15) is 0 Å². The molecular weight excluding hydrogens is 234 g/mol. The van der Waals surface area contributed by atoms with Gasteiger partial charge in [0.15, 0.2) is 0 Å². The van der Waals surface area contributed by atoms with E-state index in [0.717, 1.165) is 12.3 Å². The molecule has 1 fully saturated rings. The molecule has 0 aromatic heterocycles. The Balaban J connectivity index is 2.14. The van der Waals surface area contributed by atoms with Gasteiger partial charge in [0.25, 0.3) is 0 Å². The second kappa shape index (κ2) is 5.45. The number of thioether (sulfide) groups is 1. The van der Waals surface area contributed by atoms with Crippen molar-refractivity contribution in [2.45, 2.75) is 19.2 Å². The van der Waals surface area contributed by atoms with Crippen LogP contribution >= 0.6 is 11.8 Å². The second-order valence-electron chi connectivity index (χ2n) is 3.85. The molecule has 0 spiro atoms. The van der Waals surface area contributed by atoms with Crippen molar-refractivity contribution in [1.29, 1.82) is 0 Å². The van der Waals surface area contributed by atoms with E-state index in [4.69, 9.17) is 4.74 Å². The molecular formula is C13H17NO2S. The number of amides is 1. The number of carbonyl (C=O) groups is 1. The molecule has 1 amide bonds. The quantitative estimate of drug-likeness (QED) is 0.824. The van der Waals surface area contributed by atoms with Crippen LogP contribution in [0.2, 0.25) is 0 Å². The Kier molecular flexibility index (Phi) is 3.94. The fraction of sp³-hybridized carbons (Fsp3) is 0.462. The van der Waals surface area contributed by atoms with Crippen LogP contribution in [0.25, 0.3) is 0 Å². The minimum atomic E-state index is 0.170. The third-order valence-electron chi connectivity index (χ3n) is 2.79. The number of nitrogens with zero attached hydrogens (tertiary/aromatic N) is 1. The molecule has 1 aromatic carbocycles. The fourth-order valence-electron chi connectivity index (χ4n) is 1.97. The molecule has 1 saturated heterocycles. The topological polar surface area (TPSA) is 29.5 Å². The van der Waals surface area contributed by atoms with Gasteiger partial charge in [-0.3, -0.25) is 4.79 Å². The predicted molar refractivity (Wildman–Crippen MR) is 70.2 cm³/mol. The highest BCUT2D eigenvalue weighted by Crippen LogP contribution is 2.38. The highest BCUT2D eigenvalue weighted by Gasteiger charge is 2.31. The molecule has 17 heavy (non-hydrogen) atoms. The summed E-state index contributed by atoms with van der Waals surface area (Å²) < 4.78 is 5.41. The lowest BCUT2D eigenvalue weighted by Gasteiger charge is -2.22. The van der Waals surface area contributed by atoms with E-state index in [1.807, 2.05) is 43.0 Å². The molecule has 1 aromatic rings. The Bertz CT molecular complexity index is 391. The fourth-order valence-corrected chi connectivity index (χ4v) is 3.23. The third kappa shape index (κ3) is 2.57. The molecule has 92 valence electrons. The van der Waals surface area contributed by atoms with Crippen LogP contribution in [-0.2, 0) is 4.79 Å². The number of hydrogen-bond donors (Lipinski definition) is 0. The maximum Gasteiger partial charge on any atom is 0.233 e. The number of rotatable bonds is 4. The van der Waals surface area contributed by atoms with Gasteiger partial charge in [0.05, 0.1) is 12.4 Å². The number of hydrogen-bond acceptors (Lipinski definition) is 3. The van der Waals surface area contributed by atoms with E-state index in [1.165, 1.54) is 5.56 Å². The SMILES string of the molecule is CCOc1ccc(C2SCC(=O)N2CC)cc1. The van der Waals surface area contributed by atoms with Crippen LogP contribution in [0.1, 0.15) is 24.8 Å². The highest BCUT2D eigenvalue weighted by atomic mass is 32.2. The first-order valence-electron chi connectivity index (χ1n) is 5.90. The van der Waals surface area contributed by atoms with Gasteiger partial charge < -0.3 is 9.64 Å². The van der Waals surface area contributed by atoms with E-state index in [-0.39, 0.29) is 11.3 Å². The molecule has 1 aliphatic heterocycles. The Morgan fingerprint density at radius 2 is 2.06 bits per heavy atom. The van der Waals surface area contributed by atoms with Crippen molar-refractivity contribution in [2.75, 3.05) is 18.9 Å². The molecule has 0 bridgehead atoms. The maximum absolute atomic E-state index is 11.6. The molecule has 1 heterocycles. The van der Waals surface area contributed by atoms with Crippen LogP contribution in [-0.4, -0.2) is 29.7 Å². The lowest BCUT2D eigenvalue weighted by atomic mass is 10.2. The van der Waals surface area contributed by atoms with Gasteiger partial charge in [-0.25, -0.2) is 0 Å². The van der Waals surface area contributed by atoms with E-state index < -0.39 is 0 Å². The highest BCUT2D eigenvalue weighted by molar-refractivity contribution is 8.00. The van der Waals surface area contributed by atoms with Crippen LogP contribution in [0.15, 0.2) is 24.3 Å². The zero-order valence-electron chi connectivity index (χ0n) is 10.2. The monoisotopic (exact) mass is 251 g/mol. The summed E-state index contributed by atoms with van der Waals surface area (Å²) >= 11 is 1.69. The van der Waals surface area contributed by atoms with E-state index in [2.05, 4.69) is 0 Å². The van der Waals surface area contributed by atoms with Crippen molar-refractivity contribution in [2.24, 2.45) is 0 Å². The standard InChI is InChI=1S/C13H17NO2S/c1-3-14-12(15)9-17-13(14)10-5-7-11(8-6-10)16-4-2/h5-8,13H,3-4,9H2,1-2H3. The third-order valence-corrected chi connectivity index (χ3v) is 4.04. The summed E-state index contributed by atoms with van der Waals surface area (Å²) in [5.74, 6) is 1.70. The van der Waals surface area contributed by atoms with E-state index in [9.17, 15) is 4.79 Å². The molecule has 0 radical (unpaired) electrons.